The van der Waals surface area contributed by atoms with Crippen LogP contribution in [0.5, 0.6) is 0 Å². The molecule has 2 aliphatic rings. The van der Waals surface area contributed by atoms with Crippen molar-refractivity contribution in [1.29, 1.82) is 0 Å². The number of carboxylic acids is 1. The largest absolute Gasteiger partial charge is 0.544 e. The number of amides is 1. The van der Waals surface area contributed by atoms with E-state index in [1.807, 2.05) is 0 Å². The van der Waals surface area contributed by atoms with Crippen LogP contribution in [0.15, 0.2) is 0 Å². The van der Waals surface area contributed by atoms with E-state index in [9.17, 15) is 19.8 Å². The minimum atomic E-state index is -1.26. The van der Waals surface area contributed by atoms with E-state index in [1.54, 1.807) is 13.8 Å². The van der Waals surface area contributed by atoms with Crippen LogP contribution in [0.3, 0.4) is 0 Å². The number of aliphatic hydroxyl groups excluding tert-OH is 1. The Bertz CT molecular complexity index is 368. The minimum Gasteiger partial charge on any atom is -0.544 e. The Labute approximate surface area is 98.0 Å². The third-order valence-electron chi connectivity index (χ3n) is 3.62. The summed E-state index contributed by atoms with van der Waals surface area (Å²) < 4.78 is -0.952. The summed E-state index contributed by atoms with van der Waals surface area (Å²) in [6, 6.07) is -0.969. The standard InChI is InChI=1S/C10H15NO4S/c1-5(12)11-6(13)4-7(11)16-10(2,3)8(11)9(14)15/h5,7-8,12H,4H2,1-3H3/t5?,7-,8+,11?/m1/s1. The van der Waals surface area contributed by atoms with Crippen LogP contribution in [-0.2, 0) is 9.59 Å². The van der Waals surface area contributed by atoms with Gasteiger partial charge in [0.05, 0.1) is 4.75 Å². The molecule has 0 spiro atoms. The van der Waals surface area contributed by atoms with Crippen molar-refractivity contribution < 1.29 is 24.3 Å². The summed E-state index contributed by atoms with van der Waals surface area (Å²) in [7, 11) is 0. The predicted octanol–water partition coefficient (Wildman–Crippen LogP) is -0.958. The third-order valence-corrected chi connectivity index (χ3v) is 5.24. The van der Waals surface area contributed by atoms with Gasteiger partial charge in [0, 0.05) is 6.92 Å². The lowest BCUT2D eigenvalue weighted by Gasteiger charge is -2.50. The first-order chi connectivity index (χ1) is 7.24. The van der Waals surface area contributed by atoms with Gasteiger partial charge in [-0.15, -0.1) is 0 Å². The van der Waals surface area contributed by atoms with Gasteiger partial charge in [-0.3, -0.25) is 0 Å². The van der Waals surface area contributed by atoms with Crippen LogP contribution in [0, 0.1) is 0 Å². The van der Waals surface area contributed by atoms with Gasteiger partial charge in [-0.2, -0.15) is 0 Å². The smallest absolute Gasteiger partial charge is 0.324 e. The molecule has 2 fully saturated rings. The lowest BCUT2D eigenvalue weighted by atomic mass is 9.93. The van der Waals surface area contributed by atoms with E-state index in [0.29, 0.717) is 6.42 Å². The van der Waals surface area contributed by atoms with Crippen molar-refractivity contribution in [2.45, 2.75) is 49.6 Å². The number of carbonyl (C=O) groups is 2. The van der Waals surface area contributed by atoms with Crippen LogP contribution in [-0.4, -0.2) is 43.9 Å². The summed E-state index contributed by atoms with van der Waals surface area (Å²) in [6.45, 7) is 5.04. The van der Waals surface area contributed by atoms with Crippen molar-refractivity contribution in [3.8, 4) is 0 Å². The summed E-state index contributed by atoms with van der Waals surface area (Å²) in [5, 5.41) is 20.9. The van der Waals surface area contributed by atoms with Crippen molar-refractivity contribution in [3.05, 3.63) is 0 Å². The van der Waals surface area contributed by atoms with E-state index in [1.165, 1.54) is 18.7 Å². The van der Waals surface area contributed by atoms with Crippen molar-refractivity contribution >= 4 is 23.6 Å². The van der Waals surface area contributed by atoms with E-state index in [2.05, 4.69) is 0 Å². The number of carbonyl (C=O) groups excluding carboxylic acids is 2. The number of thioether (sulfide) groups is 1. The second-order valence-electron chi connectivity index (χ2n) is 4.96. The summed E-state index contributed by atoms with van der Waals surface area (Å²) in [5.41, 5.74) is 0. The third kappa shape index (κ3) is 1.15. The van der Waals surface area contributed by atoms with Gasteiger partial charge in [-0.1, -0.05) is 11.8 Å². The molecule has 16 heavy (non-hydrogen) atoms. The van der Waals surface area contributed by atoms with E-state index in [-0.39, 0.29) is 15.8 Å². The Morgan fingerprint density at radius 3 is 2.56 bits per heavy atom. The maximum Gasteiger partial charge on any atom is 0.324 e. The molecule has 1 N–H and O–H groups in total. The lowest BCUT2D eigenvalue weighted by molar-refractivity contribution is -0.944. The number of hydrogen-bond donors (Lipinski definition) is 1. The molecular formula is C10H15NO4S. The Hall–Kier alpha value is -0.590. The number of β-lactam (4-membered cyclic amide) rings is 1. The highest BCUT2D eigenvalue weighted by Crippen LogP contribution is 2.57. The van der Waals surface area contributed by atoms with E-state index in [0.717, 1.165) is 0 Å². The van der Waals surface area contributed by atoms with Gasteiger partial charge in [-0.25, -0.2) is 9.28 Å². The summed E-state index contributed by atoms with van der Waals surface area (Å²) in [4.78, 5) is 23.0. The van der Waals surface area contributed by atoms with Gasteiger partial charge in [0.25, 0.3) is 0 Å². The zero-order valence-corrected chi connectivity index (χ0v) is 10.3. The van der Waals surface area contributed by atoms with Gasteiger partial charge in [0.2, 0.25) is 0 Å². The molecule has 0 aromatic carbocycles. The van der Waals surface area contributed by atoms with Gasteiger partial charge in [0.1, 0.15) is 12.4 Å². The molecule has 2 rings (SSSR count). The zero-order chi connectivity index (χ0) is 12.3. The van der Waals surface area contributed by atoms with E-state index >= 15 is 0 Å². The molecule has 5 nitrogen and oxygen atoms in total. The maximum absolute atomic E-state index is 11.8. The van der Waals surface area contributed by atoms with Gasteiger partial charge in [-0.05, 0) is 13.8 Å². The molecule has 6 heteroatoms. The number of rotatable bonds is 2. The lowest BCUT2D eigenvalue weighted by Crippen LogP contribution is -2.77. The highest BCUT2D eigenvalue weighted by atomic mass is 32.2. The van der Waals surface area contributed by atoms with Crippen LogP contribution in [0.1, 0.15) is 27.2 Å². The molecule has 2 saturated heterocycles. The second-order valence-corrected chi connectivity index (χ2v) is 6.79. The topological polar surface area (TPSA) is 77.4 Å². The molecule has 2 heterocycles. The minimum absolute atomic E-state index is 0.148. The number of nitrogens with zero attached hydrogens (tertiary/aromatic N) is 1. The SMILES string of the molecule is CC(O)[N+]12C(=O)C[C@H]1SC(C)(C)[C@@H]2C(=O)[O-]. The molecule has 2 aliphatic heterocycles. The number of quaternary nitrogens is 1. The van der Waals surface area contributed by atoms with Crippen LogP contribution in [0.25, 0.3) is 0 Å². The average molecular weight is 245 g/mol. The molecule has 4 atom stereocenters. The molecular weight excluding hydrogens is 230 g/mol. The quantitative estimate of drug-likeness (QED) is 0.501. The van der Waals surface area contributed by atoms with Crippen molar-refractivity contribution in [2.24, 2.45) is 0 Å². The van der Waals surface area contributed by atoms with Crippen LogP contribution < -0.4 is 5.11 Å². The van der Waals surface area contributed by atoms with Gasteiger partial charge >= 0.3 is 5.91 Å². The molecule has 0 bridgehead atoms. The normalized spacial score (nSPS) is 42.4. The first-order valence-corrected chi connectivity index (χ1v) is 6.10. The number of aliphatic hydroxyl groups is 1. The molecule has 0 aromatic heterocycles. The Balaban J connectivity index is 2.52. The molecule has 0 saturated carbocycles. The molecule has 0 aliphatic carbocycles. The van der Waals surface area contributed by atoms with Crippen molar-refractivity contribution in [1.82, 2.24) is 0 Å². The van der Waals surface area contributed by atoms with E-state index < -0.39 is 23.0 Å². The van der Waals surface area contributed by atoms with Crippen molar-refractivity contribution in [3.63, 3.8) is 0 Å². The average Bonchev–Trinajstić information content (AvgIpc) is 2.29. The Morgan fingerprint density at radius 2 is 2.25 bits per heavy atom. The first kappa shape index (κ1) is 11.9. The summed E-state index contributed by atoms with van der Waals surface area (Å²) in [5.74, 6) is -1.46. The number of aliphatic carboxylic acids is 1. The number of hydrogen-bond acceptors (Lipinski definition) is 5. The van der Waals surface area contributed by atoms with Crippen LogP contribution >= 0.6 is 11.8 Å². The van der Waals surface area contributed by atoms with Crippen molar-refractivity contribution in [2.75, 3.05) is 0 Å². The monoisotopic (exact) mass is 245 g/mol. The molecule has 90 valence electrons. The van der Waals surface area contributed by atoms with Gasteiger partial charge in [0.15, 0.2) is 17.6 Å². The highest BCUT2D eigenvalue weighted by Gasteiger charge is 2.72. The maximum atomic E-state index is 11.8. The fourth-order valence-electron chi connectivity index (χ4n) is 3.00. The molecule has 2 unspecified atom stereocenters. The molecule has 0 radical (unpaired) electrons. The van der Waals surface area contributed by atoms with Crippen LogP contribution in [0.4, 0.5) is 0 Å². The van der Waals surface area contributed by atoms with Crippen LogP contribution in [0.2, 0.25) is 0 Å². The Morgan fingerprint density at radius 1 is 1.69 bits per heavy atom. The van der Waals surface area contributed by atoms with E-state index in [4.69, 9.17) is 0 Å². The Kier molecular flexibility index (Phi) is 2.38. The molecule has 0 aromatic rings. The van der Waals surface area contributed by atoms with Gasteiger partial charge < -0.3 is 15.0 Å². The summed E-state index contributed by atoms with van der Waals surface area (Å²) >= 11 is 1.46. The number of carboxylic acid groups (broad SMARTS) is 1. The highest BCUT2D eigenvalue weighted by molar-refractivity contribution is 8.01. The predicted molar refractivity (Wildman–Crippen MR) is 55.8 cm³/mol. The zero-order valence-electron chi connectivity index (χ0n) is 9.47. The summed E-state index contributed by atoms with van der Waals surface area (Å²) in [6.07, 6.45) is -0.661. The fraction of sp³-hybridized carbons (Fsp3) is 0.800. The number of fused-ring (bicyclic) bond motifs is 1. The second kappa shape index (κ2) is 3.21. The molecule has 1 amide bonds. The fourth-order valence-corrected chi connectivity index (χ4v) is 4.91. The first-order valence-electron chi connectivity index (χ1n) is 5.23.